The fourth-order valence-corrected chi connectivity index (χ4v) is 4.15. The maximum atomic E-state index is 12.2. The Morgan fingerprint density at radius 1 is 1.14 bits per heavy atom. The van der Waals surface area contributed by atoms with Crippen molar-refractivity contribution in [1.82, 2.24) is 14.9 Å². The number of amides is 1. The highest BCUT2D eigenvalue weighted by atomic mass is 32.2. The summed E-state index contributed by atoms with van der Waals surface area (Å²) in [6, 6.07) is 12.9. The molecule has 8 heteroatoms. The van der Waals surface area contributed by atoms with Crippen LogP contribution in [0.25, 0.3) is 6.08 Å². The Bertz CT molecular complexity index is 889. The van der Waals surface area contributed by atoms with Gasteiger partial charge in [-0.15, -0.1) is 0 Å². The summed E-state index contributed by atoms with van der Waals surface area (Å²) in [6.07, 6.45) is 5.51. The minimum absolute atomic E-state index is 0.00180. The minimum atomic E-state index is -3.59. The smallest absolute Gasteiger partial charge is 0.233 e. The standard InChI is InChI=1S/C21H27N3O4S/c25-21(10-12-23-29(26,27)16-11-18-7-2-1-3-8-18)22-17-19(20-9-6-15-28-20)24-13-4-5-14-24/h1-3,6-9,11,15-16,19,23H,4-5,10,12-14,17H2,(H,22,25)/b16-11+. The number of sulfonamides is 1. The van der Waals surface area contributed by atoms with Gasteiger partial charge < -0.3 is 9.73 Å². The lowest BCUT2D eigenvalue weighted by atomic mass is 10.2. The molecule has 0 aliphatic carbocycles. The maximum absolute atomic E-state index is 12.2. The molecule has 2 N–H and O–H groups in total. The number of likely N-dealkylation sites (tertiary alicyclic amines) is 1. The summed E-state index contributed by atoms with van der Waals surface area (Å²) in [4.78, 5) is 14.5. The van der Waals surface area contributed by atoms with E-state index in [9.17, 15) is 13.2 Å². The van der Waals surface area contributed by atoms with Gasteiger partial charge in [0.25, 0.3) is 0 Å². The van der Waals surface area contributed by atoms with Crippen LogP contribution in [-0.2, 0) is 14.8 Å². The molecule has 1 amide bonds. The number of hydrogen-bond acceptors (Lipinski definition) is 5. The van der Waals surface area contributed by atoms with Crippen LogP contribution in [0.1, 0.15) is 36.6 Å². The quantitative estimate of drug-likeness (QED) is 0.620. The van der Waals surface area contributed by atoms with E-state index in [4.69, 9.17) is 4.42 Å². The number of rotatable bonds is 10. The van der Waals surface area contributed by atoms with Gasteiger partial charge in [-0.1, -0.05) is 30.3 Å². The lowest BCUT2D eigenvalue weighted by Gasteiger charge is -2.26. The van der Waals surface area contributed by atoms with E-state index in [0.29, 0.717) is 6.54 Å². The predicted molar refractivity (Wildman–Crippen MR) is 112 cm³/mol. The van der Waals surface area contributed by atoms with Crippen LogP contribution in [-0.4, -0.2) is 45.4 Å². The first-order valence-corrected chi connectivity index (χ1v) is 11.3. The van der Waals surface area contributed by atoms with E-state index in [1.54, 1.807) is 6.26 Å². The molecule has 1 unspecified atom stereocenters. The van der Waals surface area contributed by atoms with Crippen molar-refractivity contribution < 1.29 is 17.6 Å². The number of hydrogen-bond donors (Lipinski definition) is 2. The Hall–Kier alpha value is -2.42. The molecule has 1 aromatic heterocycles. The fourth-order valence-electron chi connectivity index (χ4n) is 3.33. The van der Waals surface area contributed by atoms with Crippen LogP contribution in [0.4, 0.5) is 0 Å². The van der Waals surface area contributed by atoms with Crippen LogP contribution in [0.5, 0.6) is 0 Å². The van der Waals surface area contributed by atoms with Gasteiger partial charge in [0, 0.05) is 24.9 Å². The molecule has 0 bridgehead atoms. The van der Waals surface area contributed by atoms with Gasteiger partial charge in [0.05, 0.1) is 12.3 Å². The molecule has 156 valence electrons. The van der Waals surface area contributed by atoms with Gasteiger partial charge in [-0.2, -0.15) is 0 Å². The Kier molecular flexibility index (Phi) is 7.62. The molecule has 0 spiro atoms. The third-order valence-electron chi connectivity index (χ3n) is 4.84. The number of benzene rings is 1. The fraction of sp³-hybridized carbons (Fsp3) is 0.381. The summed E-state index contributed by atoms with van der Waals surface area (Å²) < 4.78 is 32.0. The molecule has 7 nitrogen and oxygen atoms in total. The van der Waals surface area contributed by atoms with Gasteiger partial charge in [-0.25, -0.2) is 13.1 Å². The SMILES string of the molecule is O=C(CCNS(=O)(=O)/C=C/c1ccccc1)NCC(c1ccco1)N1CCCC1. The molecule has 2 aromatic rings. The molecule has 29 heavy (non-hydrogen) atoms. The van der Waals surface area contributed by atoms with Crippen molar-refractivity contribution in [2.24, 2.45) is 0 Å². The summed E-state index contributed by atoms with van der Waals surface area (Å²) in [5.74, 6) is 0.634. The van der Waals surface area contributed by atoms with E-state index in [0.717, 1.165) is 42.7 Å². The normalized spacial score (nSPS) is 16.3. The van der Waals surface area contributed by atoms with Gasteiger partial charge in [0.1, 0.15) is 5.76 Å². The van der Waals surface area contributed by atoms with E-state index in [2.05, 4.69) is 14.9 Å². The van der Waals surface area contributed by atoms with Crippen molar-refractivity contribution in [2.45, 2.75) is 25.3 Å². The van der Waals surface area contributed by atoms with Crippen molar-refractivity contribution >= 4 is 22.0 Å². The Balaban J connectivity index is 1.43. The average Bonchev–Trinajstić information content (AvgIpc) is 3.42. The highest BCUT2D eigenvalue weighted by Gasteiger charge is 2.25. The van der Waals surface area contributed by atoms with Crippen molar-refractivity contribution in [2.75, 3.05) is 26.2 Å². The van der Waals surface area contributed by atoms with Gasteiger partial charge in [0.15, 0.2) is 0 Å². The summed E-state index contributed by atoms with van der Waals surface area (Å²) in [5.41, 5.74) is 0.793. The third kappa shape index (κ3) is 6.85. The van der Waals surface area contributed by atoms with Crippen LogP contribution < -0.4 is 10.0 Å². The zero-order valence-electron chi connectivity index (χ0n) is 16.3. The number of nitrogens with zero attached hydrogens (tertiary/aromatic N) is 1. The molecule has 1 saturated heterocycles. The summed E-state index contributed by atoms with van der Waals surface area (Å²) in [5, 5.41) is 4.01. The van der Waals surface area contributed by atoms with Gasteiger partial charge in [-0.3, -0.25) is 9.69 Å². The first-order chi connectivity index (χ1) is 14.0. The van der Waals surface area contributed by atoms with Crippen molar-refractivity contribution in [1.29, 1.82) is 0 Å². The number of furan rings is 1. The predicted octanol–water partition coefficient (Wildman–Crippen LogP) is 2.51. The molecular weight excluding hydrogens is 390 g/mol. The Labute approximate surface area is 171 Å². The third-order valence-corrected chi connectivity index (χ3v) is 5.94. The lowest BCUT2D eigenvalue weighted by molar-refractivity contribution is -0.121. The molecule has 1 aromatic carbocycles. The zero-order valence-corrected chi connectivity index (χ0v) is 17.1. The van der Waals surface area contributed by atoms with Crippen molar-refractivity contribution in [3.63, 3.8) is 0 Å². The zero-order chi connectivity index (χ0) is 20.5. The van der Waals surface area contributed by atoms with Crippen molar-refractivity contribution in [3.05, 3.63) is 65.5 Å². The second kappa shape index (κ2) is 10.4. The van der Waals surface area contributed by atoms with E-state index in [1.807, 2.05) is 42.5 Å². The van der Waals surface area contributed by atoms with Crippen LogP contribution in [0.3, 0.4) is 0 Å². The second-order valence-corrected chi connectivity index (χ2v) is 8.63. The van der Waals surface area contributed by atoms with E-state index in [-0.39, 0.29) is 24.9 Å². The van der Waals surface area contributed by atoms with Crippen LogP contribution >= 0.6 is 0 Å². The van der Waals surface area contributed by atoms with E-state index >= 15 is 0 Å². The van der Waals surface area contributed by atoms with E-state index < -0.39 is 10.0 Å². The molecule has 0 radical (unpaired) electrons. The van der Waals surface area contributed by atoms with Crippen LogP contribution in [0.2, 0.25) is 0 Å². The van der Waals surface area contributed by atoms with Crippen molar-refractivity contribution in [3.8, 4) is 0 Å². The van der Waals surface area contributed by atoms with Crippen LogP contribution in [0, 0.1) is 0 Å². The molecule has 0 saturated carbocycles. The first-order valence-electron chi connectivity index (χ1n) is 9.80. The van der Waals surface area contributed by atoms with E-state index in [1.165, 1.54) is 6.08 Å². The number of carbonyl (C=O) groups excluding carboxylic acids is 1. The molecule has 1 aliphatic heterocycles. The average molecular weight is 418 g/mol. The maximum Gasteiger partial charge on any atom is 0.233 e. The summed E-state index contributed by atoms with van der Waals surface area (Å²) in [6.45, 7) is 2.44. The van der Waals surface area contributed by atoms with Gasteiger partial charge in [0.2, 0.25) is 15.9 Å². The first kappa shape index (κ1) is 21.3. The molecule has 1 atom stereocenters. The Morgan fingerprint density at radius 2 is 1.90 bits per heavy atom. The molecule has 1 aliphatic rings. The lowest BCUT2D eigenvalue weighted by Crippen LogP contribution is -2.37. The summed E-state index contributed by atoms with van der Waals surface area (Å²) in [7, 11) is -3.59. The second-order valence-electron chi connectivity index (χ2n) is 6.98. The largest absolute Gasteiger partial charge is 0.468 e. The number of nitrogens with one attached hydrogen (secondary N) is 2. The topological polar surface area (TPSA) is 91.6 Å². The Morgan fingerprint density at radius 3 is 2.59 bits per heavy atom. The monoisotopic (exact) mass is 417 g/mol. The van der Waals surface area contributed by atoms with Gasteiger partial charge in [-0.05, 0) is 49.7 Å². The highest BCUT2D eigenvalue weighted by molar-refractivity contribution is 7.92. The van der Waals surface area contributed by atoms with Crippen LogP contribution in [0.15, 0.2) is 58.6 Å². The highest BCUT2D eigenvalue weighted by Crippen LogP contribution is 2.24. The number of carbonyl (C=O) groups is 1. The minimum Gasteiger partial charge on any atom is -0.468 e. The molecular formula is C21H27N3O4S. The molecule has 1 fully saturated rings. The molecule has 3 rings (SSSR count). The summed E-state index contributed by atoms with van der Waals surface area (Å²) >= 11 is 0. The van der Waals surface area contributed by atoms with Gasteiger partial charge >= 0.3 is 0 Å². The molecule has 2 heterocycles.